The summed E-state index contributed by atoms with van der Waals surface area (Å²) in [5.74, 6) is 9.59. The first-order chi connectivity index (χ1) is 13.5. The highest BCUT2D eigenvalue weighted by Crippen LogP contribution is 2.56. The molecule has 0 heteroatoms. The van der Waals surface area contributed by atoms with Gasteiger partial charge in [0.25, 0.3) is 0 Å². The van der Waals surface area contributed by atoms with E-state index in [9.17, 15) is 0 Å². The Morgan fingerprint density at radius 2 is 1.29 bits per heavy atom. The van der Waals surface area contributed by atoms with Crippen molar-refractivity contribution in [3.8, 4) is 0 Å². The van der Waals surface area contributed by atoms with Crippen molar-refractivity contribution in [3.05, 3.63) is 0 Å². The summed E-state index contributed by atoms with van der Waals surface area (Å²) < 4.78 is 0. The predicted molar refractivity (Wildman–Crippen MR) is 124 cm³/mol. The summed E-state index contributed by atoms with van der Waals surface area (Å²) in [7, 11) is 0. The van der Waals surface area contributed by atoms with Crippen LogP contribution >= 0.6 is 0 Å². The molecule has 0 aromatic rings. The van der Waals surface area contributed by atoms with E-state index in [0.717, 1.165) is 53.3 Å². The molecule has 0 aliphatic heterocycles. The van der Waals surface area contributed by atoms with Gasteiger partial charge in [-0.1, -0.05) is 86.0 Å². The molecule has 4 rings (SSSR count). The largest absolute Gasteiger partial charge is 0.0654 e. The lowest BCUT2D eigenvalue weighted by Crippen LogP contribution is -2.42. The van der Waals surface area contributed by atoms with Gasteiger partial charge in [-0.2, -0.15) is 0 Å². The van der Waals surface area contributed by atoms with Gasteiger partial charge in [0, 0.05) is 0 Å². The summed E-state index contributed by atoms with van der Waals surface area (Å²) in [5.41, 5.74) is 0. The average molecular weight is 389 g/mol. The molecular weight excluding hydrogens is 336 g/mol. The summed E-state index contributed by atoms with van der Waals surface area (Å²) in [5, 5.41) is 0. The van der Waals surface area contributed by atoms with Crippen LogP contribution in [0.4, 0.5) is 0 Å². The predicted octanol–water partition coefficient (Wildman–Crippen LogP) is 9.13. The summed E-state index contributed by atoms with van der Waals surface area (Å²) in [6, 6.07) is 0. The Hall–Kier alpha value is 0. The number of rotatable bonds is 4. The topological polar surface area (TPSA) is 0 Å². The Morgan fingerprint density at radius 3 is 1.86 bits per heavy atom. The van der Waals surface area contributed by atoms with Crippen molar-refractivity contribution in [2.24, 2.45) is 53.3 Å². The lowest BCUT2D eigenvalue weighted by Gasteiger charge is -2.49. The van der Waals surface area contributed by atoms with E-state index in [1.165, 1.54) is 51.4 Å². The van der Waals surface area contributed by atoms with Gasteiger partial charge >= 0.3 is 0 Å². The Kier molecular flexibility index (Phi) is 8.79. The second kappa shape index (κ2) is 10.9. The van der Waals surface area contributed by atoms with Crippen LogP contribution in [0.15, 0.2) is 0 Å². The molecule has 4 aliphatic carbocycles. The lowest BCUT2D eigenvalue weighted by molar-refractivity contribution is -0.00156. The van der Waals surface area contributed by atoms with Crippen LogP contribution in [-0.4, -0.2) is 0 Å². The van der Waals surface area contributed by atoms with Gasteiger partial charge in [-0.05, 0) is 91.8 Å². The van der Waals surface area contributed by atoms with Gasteiger partial charge in [-0.3, -0.25) is 0 Å². The molecule has 0 amide bonds. The minimum absolute atomic E-state index is 1.01. The molecular formula is C28H52. The second-order valence-electron chi connectivity index (χ2n) is 12.0. The first-order valence-corrected chi connectivity index (χ1v) is 13.5. The number of fused-ring (bicyclic) bond motifs is 1. The fourth-order valence-electron chi connectivity index (χ4n) is 7.99. The van der Waals surface area contributed by atoms with E-state index in [-0.39, 0.29) is 0 Å². The number of hydrogen-bond acceptors (Lipinski definition) is 0. The molecule has 0 spiro atoms. The summed E-state index contributed by atoms with van der Waals surface area (Å²) in [6.07, 6.45) is 21.3. The Balaban J connectivity index is 0.000000271. The minimum atomic E-state index is 1.01. The fraction of sp³-hybridized carbons (Fsp3) is 1.00. The molecule has 7 unspecified atom stereocenters. The zero-order valence-electron chi connectivity index (χ0n) is 20.1. The zero-order chi connectivity index (χ0) is 20.1. The van der Waals surface area contributed by atoms with E-state index in [1.54, 1.807) is 38.5 Å². The van der Waals surface area contributed by atoms with Crippen LogP contribution in [0.5, 0.6) is 0 Å². The Morgan fingerprint density at radius 1 is 0.643 bits per heavy atom. The molecule has 0 bridgehead atoms. The summed E-state index contributed by atoms with van der Waals surface area (Å²) in [6.45, 7) is 12.2. The van der Waals surface area contributed by atoms with Gasteiger partial charge in [-0.25, -0.2) is 0 Å². The molecule has 0 saturated heterocycles. The summed E-state index contributed by atoms with van der Waals surface area (Å²) in [4.78, 5) is 0. The lowest BCUT2D eigenvalue weighted by atomic mass is 9.56. The number of hydrogen-bond donors (Lipinski definition) is 0. The van der Waals surface area contributed by atoms with Crippen LogP contribution in [0.25, 0.3) is 0 Å². The molecule has 0 radical (unpaired) electrons. The standard InChI is InChI=1S/C21H38.C7H14/c1-4-5-8-19-16(3)14-18-7-6-9-20(18)21(19)17-12-10-15(2)11-13-17;1-6-3-4-7(2)5-6/h15-21H,4-14H2,1-3H3;6-7H,3-5H2,1-2H3. The maximum atomic E-state index is 2.60. The molecule has 0 nitrogen and oxygen atoms in total. The van der Waals surface area contributed by atoms with Crippen LogP contribution in [-0.2, 0) is 0 Å². The van der Waals surface area contributed by atoms with Crippen molar-refractivity contribution in [1.82, 2.24) is 0 Å². The number of unbranched alkanes of at least 4 members (excludes halogenated alkanes) is 1. The first-order valence-electron chi connectivity index (χ1n) is 13.5. The van der Waals surface area contributed by atoms with E-state index >= 15 is 0 Å². The summed E-state index contributed by atoms with van der Waals surface area (Å²) >= 11 is 0. The SMILES string of the molecule is CC1CCC(C)C1.CCCCC1C(C)CC2CCCC2C1C1CCC(C)CC1. The van der Waals surface area contributed by atoms with E-state index in [4.69, 9.17) is 0 Å². The van der Waals surface area contributed by atoms with Gasteiger partial charge in [-0.15, -0.1) is 0 Å². The van der Waals surface area contributed by atoms with Crippen molar-refractivity contribution in [2.45, 2.75) is 125 Å². The third-order valence-corrected chi connectivity index (χ3v) is 9.56. The normalized spacial score (nSPS) is 46.0. The third kappa shape index (κ3) is 5.78. The van der Waals surface area contributed by atoms with Crippen molar-refractivity contribution < 1.29 is 0 Å². The van der Waals surface area contributed by atoms with Crippen LogP contribution in [0.1, 0.15) is 125 Å². The van der Waals surface area contributed by atoms with Crippen LogP contribution in [0.2, 0.25) is 0 Å². The maximum absolute atomic E-state index is 2.60. The Labute approximate surface area is 178 Å². The average Bonchev–Trinajstić information content (AvgIpc) is 3.29. The van der Waals surface area contributed by atoms with Crippen LogP contribution in [0.3, 0.4) is 0 Å². The monoisotopic (exact) mass is 388 g/mol. The van der Waals surface area contributed by atoms with Gasteiger partial charge in [0.15, 0.2) is 0 Å². The maximum Gasteiger partial charge on any atom is -0.0324 e. The highest BCUT2D eigenvalue weighted by Gasteiger charge is 2.47. The molecule has 4 saturated carbocycles. The molecule has 4 aliphatic rings. The van der Waals surface area contributed by atoms with E-state index in [1.807, 2.05) is 0 Å². The van der Waals surface area contributed by atoms with Crippen LogP contribution < -0.4 is 0 Å². The molecule has 4 fully saturated rings. The fourth-order valence-corrected chi connectivity index (χ4v) is 7.99. The van der Waals surface area contributed by atoms with Gasteiger partial charge in [0.05, 0.1) is 0 Å². The third-order valence-electron chi connectivity index (χ3n) is 9.56. The molecule has 0 heterocycles. The minimum Gasteiger partial charge on any atom is -0.0654 e. The Bertz CT molecular complexity index is 423. The first kappa shape index (κ1) is 22.7. The van der Waals surface area contributed by atoms with Gasteiger partial charge < -0.3 is 0 Å². The van der Waals surface area contributed by atoms with Crippen LogP contribution in [0, 0.1) is 53.3 Å². The highest BCUT2D eigenvalue weighted by molar-refractivity contribution is 4.97. The van der Waals surface area contributed by atoms with E-state index < -0.39 is 0 Å². The molecule has 7 atom stereocenters. The van der Waals surface area contributed by atoms with Gasteiger partial charge in [0.2, 0.25) is 0 Å². The van der Waals surface area contributed by atoms with E-state index in [0.29, 0.717) is 0 Å². The zero-order valence-corrected chi connectivity index (χ0v) is 20.1. The van der Waals surface area contributed by atoms with Crippen molar-refractivity contribution in [3.63, 3.8) is 0 Å². The smallest absolute Gasteiger partial charge is 0.0324 e. The second-order valence-corrected chi connectivity index (χ2v) is 12.0. The van der Waals surface area contributed by atoms with Gasteiger partial charge in [0.1, 0.15) is 0 Å². The quantitative estimate of drug-likeness (QED) is 0.450. The molecule has 164 valence electrons. The molecule has 28 heavy (non-hydrogen) atoms. The van der Waals surface area contributed by atoms with Crippen molar-refractivity contribution in [2.75, 3.05) is 0 Å². The van der Waals surface area contributed by atoms with Crippen molar-refractivity contribution >= 4 is 0 Å². The molecule has 0 N–H and O–H groups in total. The highest BCUT2D eigenvalue weighted by atomic mass is 14.5. The molecule has 0 aromatic carbocycles. The van der Waals surface area contributed by atoms with Crippen molar-refractivity contribution in [1.29, 1.82) is 0 Å². The molecule has 0 aromatic heterocycles. The van der Waals surface area contributed by atoms with E-state index in [2.05, 4.69) is 34.6 Å².